The lowest BCUT2D eigenvalue weighted by Crippen LogP contribution is -2.35. The molecule has 2 amide bonds. The van der Waals surface area contributed by atoms with E-state index in [4.69, 9.17) is 0 Å². The molecule has 1 aromatic carbocycles. The van der Waals surface area contributed by atoms with Crippen LogP contribution in [0.2, 0.25) is 0 Å². The van der Waals surface area contributed by atoms with Crippen LogP contribution in [-0.2, 0) is 16.0 Å². The van der Waals surface area contributed by atoms with Crippen molar-refractivity contribution in [2.75, 3.05) is 13.1 Å². The third-order valence-electron chi connectivity index (χ3n) is 7.69. The Bertz CT molecular complexity index is 923. The number of likely N-dealkylation sites (tertiary alicyclic amines) is 1. The molecule has 3 aliphatic rings. The molecule has 2 aliphatic carbocycles. The Kier molecular flexibility index (Phi) is 5.30. The topological polar surface area (TPSA) is 65.2 Å². The predicted octanol–water partition coefficient (Wildman–Crippen LogP) is 4.18. The van der Waals surface area contributed by atoms with Gasteiger partial charge in [0.15, 0.2) is 0 Å². The van der Waals surface area contributed by atoms with E-state index in [9.17, 15) is 9.59 Å². The van der Waals surface area contributed by atoms with E-state index in [-0.39, 0.29) is 17.2 Å². The Morgan fingerprint density at radius 3 is 2.73 bits per heavy atom. The van der Waals surface area contributed by atoms with Crippen LogP contribution in [0.15, 0.2) is 30.5 Å². The van der Waals surface area contributed by atoms with Crippen LogP contribution in [0.25, 0.3) is 10.9 Å². The molecule has 1 spiro atoms. The van der Waals surface area contributed by atoms with Crippen LogP contribution in [0.3, 0.4) is 0 Å². The largest absolute Gasteiger partial charge is 0.361 e. The maximum absolute atomic E-state index is 13.3. The first kappa shape index (κ1) is 19.7. The van der Waals surface area contributed by atoms with Crippen LogP contribution in [0.5, 0.6) is 0 Å². The van der Waals surface area contributed by atoms with Crippen LogP contribution in [-0.4, -0.2) is 40.8 Å². The molecule has 30 heavy (non-hydrogen) atoms. The van der Waals surface area contributed by atoms with Gasteiger partial charge in [-0.05, 0) is 55.1 Å². The summed E-state index contributed by atoms with van der Waals surface area (Å²) in [6.07, 6.45) is 12.5. The van der Waals surface area contributed by atoms with E-state index in [1.165, 1.54) is 32.1 Å². The molecule has 1 aromatic heterocycles. The number of nitrogens with one attached hydrogen (secondary N) is 2. The number of hydrogen-bond donors (Lipinski definition) is 2. The van der Waals surface area contributed by atoms with Crippen molar-refractivity contribution in [2.45, 2.75) is 70.3 Å². The third-order valence-corrected chi connectivity index (χ3v) is 7.69. The van der Waals surface area contributed by atoms with Gasteiger partial charge in [-0.2, -0.15) is 0 Å². The molecule has 1 atom stereocenters. The van der Waals surface area contributed by atoms with Crippen LogP contribution in [0.1, 0.15) is 63.4 Å². The number of carbonyl (C=O) groups excluding carboxylic acids is 2. The monoisotopic (exact) mass is 407 g/mol. The van der Waals surface area contributed by atoms with Gasteiger partial charge in [-0.3, -0.25) is 9.59 Å². The van der Waals surface area contributed by atoms with Crippen molar-refractivity contribution in [1.29, 1.82) is 0 Å². The number of amides is 2. The molecule has 160 valence electrons. The van der Waals surface area contributed by atoms with Gasteiger partial charge in [0.2, 0.25) is 11.8 Å². The quantitative estimate of drug-likeness (QED) is 0.754. The first-order valence-corrected chi connectivity index (χ1v) is 11.8. The average Bonchev–Trinajstić information content (AvgIpc) is 3.38. The van der Waals surface area contributed by atoms with E-state index in [1.807, 2.05) is 18.3 Å². The molecule has 2 saturated carbocycles. The number of H-pyrrole nitrogens is 1. The summed E-state index contributed by atoms with van der Waals surface area (Å²) >= 11 is 0. The highest BCUT2D eigenvalue weighted by Gasteiger charge is 2.47. The summed E-state index contributed by atoms with van der Waals surface area (Å²) in [5.74, 6) is 0.885. The zero-order valence-corrected chi connectivity index (χ0v) is 17.8. The molecule has 2 heterocycles. The Morgan fingerprint density at radius 2 is 1.93 bits per heavy atom. The molecule has 1 unspecified atom stereocenters. The number of aromatic nitrogens is 1. The van der Waals surface area contributed by atoms with Gasteiger partial charge >= 0.3 is 0 Å². The van der Waals surface area contributed by atoms with Gasteiger partial charge in [0, 0.05) is 42.7 Å². The maximum Gasteiger partial charge on any atom is 0.227 e. The Balaban J connectivity index is 1.26. The summed E-state index contributed by atoms with van der Waals surface area (Å²) in [6, 6.07) is 8.61. The van der Waals surface area contributed by atoms with E-state index in [0.717, 1.165) is 48.8 Å². The molecular weight excluding hydrogens is 374 g/mol. The van der Waals surface area contributed by atoms with Gasteiger partial charge in [-0.25, -0.2) is 0 Å². The highest BCUT2D eigenvalue weighted by atomic mass is 16.2. The van der Waals surface area contributed by atoms with E-state index in [0.29, 0.717) is 24.8 Å². The summed E-state index contributed by atoms with van der Waals surface area (Å²) in [5.41, 5.74) is 2.40. The van der Waals surface area contributed by atoms with E-state index < -0.39 is 0 Å². The third kappa shape index (κ3) is 3.99. The summed E-state index contributed by atoms with van der Waals surface area (Å²) in [7, 11) is 0. The van der Waals surface area contributed by atoms with Gasteiger partial charge in [-0.15, -0.1) is 0 Å². The summed E-state index contributed by atoms with van der Waals surface area (Å²) in [4.78, 5) is 30.9. The van der Waals surface area contributed by atoms with Crippen molar-refractivity contribution in [3.8, 4) is 0 Å². The van der Waals surface area contributed by atoms with E-state index in [1.54, 1.807) is 0 Å². The first-order valence-electron chi connectivity index (χ1n) is 11.8. The molecule has 3 fully saturated rings. The number of para-hydroxylation sites is 1. The minimum absolute atomic E-state index is 0.201. The Labute approximate surface area is 178 Å². The van der Waals surface area contributed by atoms with Crippen molar-refractivity contribution < 1.29 is 9.59 Å². The van der Waals surface area contributed by atoms with Gasteiger partial charge < -0.3 is 15.2 Å². The summed E-state index contributed by atoms with van der Waals surface area (Å²) in [6.45, 7) is 1.70. The van der Waals surface area contributed by atoms with Crippen molar-refractivity contribution in [2.24, 2.45) is 11.3 Å². The summed E-state index contributed by atoms with van der Waals surface area (Å²) < 4.78 is 0. The Hall–Kier alpha value is -2.30. The van der Waals surface area contributed by atoms with Crippen molar-refractivity contribution in [3.63, 3.8) is 0 Å². The van der Waals surface area contributed by atoms with E-state index >= 15 is 0 Å². The minimum atomic E-state index is 0.201. The van der Waals surface area contributed by atoms with Crippen molar-refractivity contribution in [3.05, 3.63) is 36.0 Å². The zero-order valence-electron chi connectivity index (χ0n) is 17.8. The second kappa shape index (κ2) is 8.09. The van der Waals surface area contributed by atoms with Crippen molar-refractivity contribution in [1.82, 2.24) is 15.2 Å². The SMILES string of the molecule is O=C(CCC1CN(C(=O)Cc2c[nH]c3ccccc23)CC12CCCCC2)NC1CC1. The molecule has 1 aliphatic heterocycles. The molecule has 5 heteroatoms. The highest BCUT2D eigenvalue weighted by molar-refractivity contribution is 5.89. The van der Waals surface area contributed by atoms with Gasteiger partial charge in [0.25, 0.3) is 0 Å². The lowest BCUT2D eigenvalue weighted by atomic mass is 9.66. The normalized spacial score (nSPS) is 23.2. The number of nitrogens with zero attached hydrogens (tertiary/aromatic N) is 1. The number of aromatic amines is 1. The standard InChI is InChI=1S/C25H33N3O2/c29-23(27-20-9-10-20)11-8-19-16-28(17-25(19)12-4-1-5-13-25)24(30)14-18-15-26-22-7-3-2-6-21(18)22/h2-3,6-7,15,19-20,26H,1,4-5,8-14,16-17H2,(H,27,29). The van der Waals surface area contributed by atoms with Crippen LogP contribution in [0, 0.1) is 11.3 Å². The van der Waals surface area contributed by atoms with Gasteiger partial charge in [-0.1, -0.05) is 37.5 Å². The number of fused-ring (bicyclic) bond motifs is 1. The number of rotatable bonds is 6. The van der Waals surface area contributed by atoms with Crippen LogP contribution in [0.4, 0.5) is 0 Å². The van der Waals surface area contributed by atoms with Gasteiger partial charge in [0.1, 0.15) is 0 Å². The second-order valence-corrected chi connectivity index (χ2v) is 9.81. The molecule has 0 bridgehead atoms. The van der Waals surface area contributed by atoms with Crippen LogP contribution >= 0.6 is 0 Å². The fourth-order valence-corrected chi connectivity index (χ4v) is 5.83. The average molecular weight is 408 g/mol. The molecule has 1 saturated heterocycles. The summed E-state index contributed by atoms with van der Waals surface area (Å²) in [5, 5.41) is 4.27. The van der Waals surface area contributed by atoms with E-state index in [2.05, 4.69) is 27.3 Å². The van der Waals surface area contributed by atoms with Crippen LogP contribution < -0.4 is 5.32 Å². The van der Waals surface area contributed by atoms with Crippen molar-refractivity contribution >= 4 is 22.7 Å². The Morgan fingerprint density at radius 1 is 1.13 bits per heavy atom. The molecule has 2 aromatic rings. The molecule has 5 rings (SSSR count). The molecule has 2 N–H and O–H groups in total. The molecular formula is C25H33N3O2. The predicted molar refractivity (Wildman–Crippen MR) is 118 cm³/mol. The smallest absolute Gasteiger partial charge is 0.227 e. The number of carbonyl (C=O) groups is 2. The zero-order chi connectivity index (χ0) is 20.6. The maximum atomic E-state index is 13.3. The molecule has 0 radical (unpaired) electrons. The minimum Gasteiger partial charge on any atom is -0.361 e. The van der Waals surface area contributed by atoms with Gasteiger partial charge in [0.05, 0.1) is 6.42 Å². The molecule has 5 nitrogen and oxygen atoms in total. The lowest BCUT2D eigenvalue weighted by molar-refractivity contribution is -0.130. The first-order chi connectivity index (χ1) is 14.6. The number of hydrogen-bond acceptors (Lipinski definition) is 2. The fraction of sp³-hybridized carbons (Fsp3) is 0.600. The highest BCUT2D eigenvalue weighted by Crippen LogP contribution is 2.49. The lowest BCUT2D eigenvalue weighted by Gasteiger charge is -2.38. The number of benzene rings is 1. The fourth-order valence-electron chi connectivity index (χ4n) is 5.83. The second-order valence-electron chi connectivity index (χ2n) is 9.81.